The van der Waals surface area contributed by atoms with E-state index in [1.54, 1.807) is 0 Å². The molecule has 0 saturated carbocycles. The van der Waals surface area contributed by atoms with E-state index in [0.29, 0.717) is 17.6 Å². The van der Waals surface area contributed by atoms with Gasteiger partial charge in [-0.05, 0) is 18.8 Å². The van der Waals surface area contributed by atoms with Gasteiger partial charge in [0, 0.05) is 5.92 Å². The van der Waals surface area contributed by atoms with Crippen molar-refractivity contribution in [3.63, 3.8) is 0 Å². The van der Waals surface area contributed by atoms with Crippen molar-refractivity contribution in [3.8, 4) is 0 Å². The SMILES string of the molecule is CCC(CC(C)C(N)O)C(O)OC[N+](C)(C)C. The molecule has 0 aliphatic rings. The third-order valence-corrected chi connectivity index (χ3v) is 2.82. The summed E-state index contributed by atoms with van der Waals surface area (Å²) >= 11 is 0. The molecule has 4 unspecified atom stereocenters. The third-order valence-electron chi connectivity index (χ3n) is 2.82. The summed E-state index contributed by atoms with van der Waals surface area (Å²) in [6.07, 6.45) is -0.171. The van der Waals surface area contributed by atoms with E-state index in [0.717, 1.165) is 6.42 Å². The van der Waals surface area contributed by atoms with Crippen LogP contribution in [0, 0.1) is 11.8 Å². The maximum absolute atomic E-state index is 9.95. The molecule has 4 N–H and O–H groups in total. The molecule has 0 aromatic carbocycles. The second-order valence-corrected chi connectivity index (χ2v) is 5.85. The monoisotopic (exact) mass is 249 g/mol. The number of aliphatic hydroxyl groups excluding tert-OH is 2. The zero-order valence-electron chi connectivity index (χ0n) is 11.8. The number of nitrogens with zero attached hydrogens (tertiary/aromatic N) is 1. The average Bonchev–Trinajstić information content (AvgIpc) is 2.20. The van der Waals surface area contributed by atoms with Crippen molar-refractivity contribution in [2.75, 3.05) is 27.9 Å². The highest BCUT2D eigenvalue weighted by Gasteiger charge is 2.24. The largest absolute Gasteiger partial charge is 0.379 e. The molecule has 5 nitrogen and oxygen atoms in total. The summed E-state index contributed by atoms with van der Waals surface area (Å²) < 4.78 is 6.09. The third kappa shape index (κ3) is 7.68. The quantitative estimate of drug-likeness (QED) is 0.427. The molecule has 0 bridgehead atoms. The van der Waals surface area contributed by atoms with Crippen molar-refractivity contribution in [2.45, 2.75) is 39.2 Å². The number of ether oxygens (including phenoxy) is 1. The van der Waals surface area contributed by atoms with Crippen LogP contribution in [0.4, 0.5) is 0 Å². The van der Waals surface area contributed by atoms with E-state index in [-0.39, 0.29) is 11.8 Å². The lowest BCUT2D eigenvalue weighted by atomic mass is 9.92. The van der Waals surface area contributed by atoms with E-state index < -0.39 is 12.5 Å². The fourth-order valence-corrected chi connectivity index (χ4v) is 1.54. The highest BCUT2D eigenvalue weighted by Crippen LogP contribution is 2.21. The number of hydrogen-bond donors (Lipinski definition) is 3. The molecule has 0 aliphatic heterocycles. The maximum atomic E-state index is 9.95. The molecule has 0 aromatic rings. The summed E-state index contributed by atoms with van der Waals surface area (Å²) in [7, 11) is 6.00. The Morgan fingerprint density at radius 3 is 2.12 bits per heavy atom. The molecule has 17 heavy (non-hydrogen) atoms. The Morgan fingerprint density at radius 2 is 1.76 bits per heavy atom. The lowest BCUT2D eigenvalue weighted by Gasteiger charge is -2.29. The van der Waals surface area contributed by atoms with Gasteiger partial charge < -0.3 is 25.2 Å². The fraction of sp³-hybridized carbons (Fsp3) is 1.00. The Morgan fingerprint density at radius 1 is 1.24 bits per heavy atom. The number of aliphatic hydroxyl groups is 2. The van der Waals surface area contributed by atoms with Crippen LogP contribution in [0.2, 0.25) is 0 Å². The van der Waals surface area contributed by atoms with E-state index >= 15 is 0 Å². The topological polar surface area (TPSA) is 75.7 Å². The van der Waals surface area contributed by atoms with Gasteiger partial charge in [0.25, 0.3) is 0 Å². The smallest absolute Gasteiger partial charge is 0.185 e. The van der Waals surface area contributed by atoms with Crippen molar-refractivity contribution < 1.29 is 19.4 Å². The normalized spacial score (nSPS) is 19.8. The average molecular weight is 249 g/mol. The van der Waals surface area contributed by atoms with Crippen LogP contribution in [-0.2, 0) is 4.74 Å². The summed E-state index contributed by atoms with van der Waals surface area (Å²) in [4.78, 5) is 0. The van der Waals surface area contributed by atoms with Crippen LogP contribution < -0.4 is 5.73 Å². The van der Waals surface area contributed by atoms with Crippen molar-refractivity contribution in [1.29, 1.82) is 0 Å². The second-order valence-electron chi connectivity index (χ2n) is 5.85. The lowest BCUT2D eigenvalue weighted by molar-refractivity contribution is -0.892. The molecule has 4 atom stereocenters. The van der Waals surface area contributed by atoms with Gasteiger partial charge in [0.05, 0.1) is 21.1 Å². The summed E-state index contributed by atoms with van der Waals surface area (Å²) in [6, 6.07) is 0. The van der Waals surface area contributed by atoms with E-state index in [4.69, 9.17) is 10.5 Å². The maximum Gasteiger partial charge on any atom is 0.185 e. The van der Waals surface area contributed by atoms with E-state index in [1.165, 1.54) is 0 Å². The first-order valence-corrected chi connectivity index (χ1v) is 6.21. The minimum Gasteiger partial charge on any atom is -0.379 e. The minimum atomic E-state index is -0.838. The molecule has 104 valence electrons. The number of quaternary nitrogens is 1. The molecule has 0 fully saturated rings. The van der Waals surface area contributed by atoms with E-state index in [1.807, 2.05) is 35.0 Å². The van der Waals surface area contributed by atoms with Crippen LogP contribution in [0.5, 0.6) is 0 Å². The van der Waals surface area contributed by atoms with Crippen LogP contribution >= 0.6 is 0 Å². The molecule has 0 aromatic heterocycles. The molecular formula is C12H29N2O3+. The molecule has 0 rings (SSSR count). The van der Waals surface area contributed by atoms with Gasteiger partial charge in [-0.2, -0.15) is 0 Å². The van der Waals surface area contributed by atoms with Gasteiger partial charge in [-0.3, -0.25) is 0 Å². The molecule has 0 spiro atoms. The van der Waals surface area contributed by atoms with E-state index in [2.05, 4.69) is 0 Å². The highest BCUT2D eigenvalue weighted by atomic mass is 16.6. The summed E-state index contributed by atoms with van der Waals surface area (Å²) in [6.45, 7) is 4.33. The molecule has 0 amide bonds. The predicted molar refractivity (Wildman–Crippen MR) is 67.7 cm³/mol. The van der Waals surface area contributed by atoms with Gasteiger partial charge >= 0.3 is 0 Å². The van der Waals surface area contributed by atoms with Gasteiger partial charge in [0.2, 0.25) is 0 Å². The summed E-state index contributed by atoms with van der Waals surface area (Å²) in [5.74, 6) is -0.0305. The molecule has 0 radical (unpaired) electrons. The van der Waals surface area contributed by atoms with Gasteiger partial charge in [-0.15, -0.1) is 0 Å². The zero-order chi connectivity index (χ0) is 13.6. The first-order chi connectivity index (χ1) is 7.67. The van der Waals surface area contributed by atoms with Gasteiger partial charge in [0.15, 0.2) is 13.0 Å². The predicted octanol–water partition coefficient (Wildman–Crippen LogP) is 0.315. The minimum absolute atomic E-state index is 0.00903. The summed E-state index contributed by atoms with van der Waals surface area (Å²) in [5, 5.41) is 19.2. The number of hydrogen-bond acceptors (Lipinski definition) is 4. The Labute approximate surface area is 105 Å². The second kappa shape index (κ2) is 7.28. The van der Waals surface area contributed by atoms with Crippen LogP contribution in [0.25, 0.3) is 0 Å². The highest BCUT2D eigenvalue weighted by molar-refractivity contribution is 4.67. The van der Waals surface area contributed by atoms with Crippen LogP contribution in [0.15, 0.2) is 0 Å². The fourth-order valence-electron chi connectivity index (χ4n) is 1.54. The van der Waals surface area contributed by atoms with Crippen molar-refractivity contribution in [3.05, 3.63) is 0 Å². The van der Waals surface area contributed by atoms with Gasteiger partial charge in [0.1, 0.15) is 6.23 Å². The van der Waals surface area contributed by atoms with Gasteiger partial charge in [-0.25, -0.2) is 0 Å². The van der Waals surface area contributed by atoms with Crippen molar-refractivity contribution in [2.24, 2.45) is 17.6 Å². The number of nitrogens with two attached hydrogens (primary N) is 1. The zero-order valence-corrected chi connectivity index (χ0v) is 11.8. The van der Waals surface area contributed by atoms with Crippen LogP contribution in [-0.4, -0.2) is 55.1 Å². The molecular weight excluding hydrogens is 220 g/mol. The van der Waals surface area contributed by atoms with E-state index in [9.17, 15) is 10.2 Å². The summed E-state index contributed by atoms with van der Waals surface area (Å²) in [5.41, 5.74) is 5.41. The Hall–Kier alpha value is -0.200. The standard InChI is InChI=1S/C12H29N2O3/c1-6-10(7-9(2)11(13)15)12(16)17-8-14(3,4)5/h9-12,15-16H,6-8,13H2,1-5H3/q+1. The number of rotatable bonds is 8. The first-order valence-electron chi connectivity index (χ1n) is 6.21. The first kappa shape index (κ1) is 16.8. The van der Waals surface area contributed by atoms with Crippen molar-refractivity contribution in [1.82, 2.24) is 0 Å². The molecule has 0 heterocycles. The molecule has 0 saturated heterocycles. The lowest BCUT2D eigenvalue weighted by Crippen LogP contribution is -2.40. The van der Waals surface area contributed by atoms with Crippen LogP contribution in [0.1, 0.15) is 26.7 Å². The Balaban J connectivity index is 4.17. The Kier molecular flexibility index (Phi) is 7.20. The molecule has 0 aliphatic carbocycles. The van der Waals surface area contributed by atoms with Crippen molar-refractivity contribution >= 4 is 0 Å². The molecule has 5 heteroatoms. The van der Waals surface area contributed by atoms with Gasteiger partial charge in [-0.1, -0.05) is 13.8 Å². The Bertz CT molecular complexity index is 204. The van der Waals surface area contributed by atoms with Crippen LogP contribution in [0.3, 0.4) is 0 Å².